The highest BCUT2D eigenvalue weighted by Crippen LogP contribution is 2.20. The average Bonchev–Trinajstić information content (AvgIpc) is 2.47. The number of rotatable bonds is 9. The van der Waals surface area contributed by atoms with Gasteiger partial charge < -0.3 is 10.4 Å². The number of benzene rings is 1. The van der Waals surface area contributed by atoms with E-state index >= 15 is 0 Å². The first-order chi connectivity index (χ1) is 10.1. The lowest BCUT2D eigenvalue weighted by Crippen LogP contribution is -2.23. The summed E-state index contributed by atoms with van der Waals surface area (Å²) in [5.41, 5.74) is 1.61. The Labute approximate surface area is 126 Å². The Morgan fingerprint density at radius 2 is 1.95 bits per heavy atom. The van der Waals surface area contributed by atoms with E-state index in [1.165, 1.54) is 0 Å². The monoisotopic (exact) mass is 291 g/mol. The average molecular weight is 291 g/mol. The number of aryl methyl sites for hydroxylation is 1. The van der Waals surface area contributed by atoms with Crippen molar-refractivity contribution < 1.29 is 14.7 Å². The van der Waals surface area contributed by atoms with Crippen molar-refractivity contribution in [1.82, 2.24) is 0 Å². The predicted molar refractivity (Wildman–Crippen MR) is 84.3 cm³/mol. The van der Waals surface area contributed by atoms with Crippen LogP contribution in [0.25, 0.3) is 0 Å². The Morgan fingerprint density at radius 3 is 2.57 bits per heavy atom. The Morgan fingerprint density at radius 1 is 1.24 bits per heavy atom. The van der Waals surface area contributed by atoms with E-state index in [4.69, 9.17) is 5.11 Å². The number of carbonyl (C=O) groups is 2. The lowest BCUT2D eigenvalue weighted by Gasteiger charge is -2.16. The van der Waals surface area contributed by atoms with Gasteiger partial charge in [0.05, 0.1) is 0 Å². The summed E-state index contributed by atoms with van der Waals surface area (Å²) in [6.45, 7) is 4.14. The number of carbonyl (C=O) groups excluding carboxylic acids is 1. The molecule has 1 aromatic carbocycles. The maximum absolute atomic E-state index is 12.3. The molecule has 0 saturated heterocycles. The molecule has 1 amide bonds. The van der Waals surface area contributed by atoms with Gasteiger partial charge in [0.15, 0.2) is 0 Å². The predicted octanol–water partition coefficient (Wildman–Crippen LogP) is 3.86. The highest BCUT2D eigenvalue weighted by molar-refractivity contribution is 5.93. The van der Waals surface area contributed by atoms with Crippen LogP contribution in [0.15, 0.2) is 24.3 Å². The van der Waals surface area contributed by atoms with Crippen molar-refractivity contribution >= 4 is 17.6 Å². The maximum atomic E-state index is 12.3. The summed E-state index contributed by atoms with van der Waals surface area (Å²) < 4.78 is 0. The summed E-state index contributed by atoms with van der Waals surface area (Å²) in [7, 11) is 0. The van der Waals surface area contributed by atoms with E-state index < -0.39 is 5.97 Å². The number of aliphatic carboxylic acids is 1. The summed E-state index contributed by atoms with van der Waals surface area (Å²) in [5.74, 6) is -0.767. The number of hydrogen-bond acceptors (Lipinski definition) is 2. The van der Waals surface area contributed by atoms with Crippen LogP contribution in [0.5, 0.6) is 0 Å². The van der Waals surface area contributed by atoms with E-state index in [0.29, 0.717) is 6.42 Å². The molecule has 2 N–H and O–H groups in total. The van der Waals surface area contributed by atoms with Crippen LogP contribution in [0.4, 0.5) is 5.69 Å². The largest absolute Gasteiger partial charge is 0.481 e. The van der Waals surface area contributed by atoms with E-state index in [1.807, 2.05) is 31.2 Å². The quantitative estimate of drug-likeness (QED) is 0.726. The third kappa shape index (κ3) is 5.98. The lowest BCUT2D eigenvalue weighted by atomic mass is 9.98. The van der Waals surface area contributed by atoms with Crippen LogP contribution in [-0.2, 0) is 16.0 Å². The zero-order valence-corrected chi connectivity index (χ0v) is 12.9. The second-order valence-electron chi connectivity index (χ2n) is 5.29. The molecule has 0 spiro atoms. The fourth-order valence-electron chi connectivity index (χ4n) is 2.31. The molecular weight excluding hydrogens is 266 g/mol. The Balaban J connectivity index is 2.72. The molecular formula is C17H25NO3. The Bertz CT molecular complexity index is 471. The minimum absolute atomic E-state index is 0.0254. The third-order valence-corrected chi connectivity index (χ3v) is 3.65. The summed E-state index contributed by atoms with van der Waals surface area (Å²) in [5, 5.41) is 11.7. The Kier molecular flexibility index (Phi) is 7.51. The smallest absolute Gasteiger partial charge is 0.303 e. The van der Waals surface area contributed by atoms with Crippen molar-refractivity contribution in [3.63, 3.8) is 0 Å². The van der Waals surface area contributed by atoms with Crippen LogP contribution in [-0.4, -0.2) is 17.0 Å². The number of unbranched alkanes of at least 4 members (excludes halogenated alkanes) is 1. The minimum atomic E-state index is -0.828. The molecule has 1 rings (SSSR count). The third-order valence-electron chi connectivity index (χ3n) is 3.65. The molecule has 1 unspecified atom stereocenters. The van der Waals surface area contributed by atoms with E-state index in [0.717, 1.165) is 36.9 Å². The molecule has 0 heterocycles. The number of carboxylic acids is 1. The van der Waals surface area contributed by atoms with E-state index in [9.17, 15) is 9.59 Å². The molecule has 0 aliphatic rings. The van der Waals surface area contributed by atoms with E-state index in [-0.39, 0.29) is 18.2 Å². The van der Waals surface area contributed by atoms with Crippen molar-refractivity contribution in [2.75, 3.05) is 5.32 Å². The van der Waals surface area contributed by atoms with Crippen LogP contribution in [0.1, 0.15) is 51.5 Å². The summed E-state index contributed by atoms with van der Waals surface area (Å²) >= 11 is 0. The van der Waals surface area contributed by atoms with Gasteiger partial charge in [-0.2, -0.15) is 0 Å². The molecule has 0 saturated carbocycles. The van der Waals surface area contributed by atoms with Gasteiger partial charge in [-0.05, 0) is 30.9 Å². The van der Waals surface area contributed by atoms with Gasteiger partial charge in [0.1, 0.15) is 0 Å². The zero-order valence-electron chi connectivity index (χ0n) is 12.9. The van der Waals surface area contributed by atoms with Gasteiger partial charge in [0.25, 0.3) is 0 Å². The van der Waals surface area contributed by atoms with Crippen molar-refractivity contribution in [3.8, 4) is 0 Å². The summed E-state index contributed by atoms with van der Waals surface area (Å²) in [6, 6.07) is 7.42. The molecule has 0 fully saturated rings. The number of nitrogens with one attached hydrogen (secondary N) is 1. The number of hydrogen-bond donors (Lipinski definition) is 2. The molecule has 21 heavy (non-hydrogen) atoms. The number of para-hydroxylation sites is 1. The molecule has 0 radical (unpaired) electrons. The van der Waals surface area contributed by atoms with Gasteiger partial charge in [0, 0.05) is 18.0 Å². The van der Waals surface area contributed by atoms with E-state index in [1.54, 1.807) is 0 Å². The molecule has 1 aromatic rings. The van der Waals surface area contributed by atoms with Crippen LogP contribution < -0.4 is 5.32 Å². The molecule has 0 aliphatic carbocycles. The fourth-order valence-corrected chi connectivity index (χ4v) is 2.31. The summed E-state index contributed by atoms with van der Waals surface area (Å²) in [4.78, 5) is 23.0. The topological polar surface area (TPSA) is 66.4 Å². The minimum Gasteiger partial charge on any atom is -0.481 e. The molecule has 4 heteroatoms. The van der Waals surface area contributed by atoms with E-state index in [2.05, 4.69) is 12.2 Å². The van der Waals surface area contributed by atoms with Gasteiger partial charge in [-0.3, -0.25) is 9.59 Å². The first-order valence-electron chi connectivity index (χ1n) is 7.69. The first kappa shape index (κ1) is 17.2. The SMILES string of the molecule is CCCCC(CC)C(=O)Nc1ccccc1CCC(=O)O. The lowest BCUT2D eigenvalue weighted by molar-refractivity contribution is -0.137. The summed E-state index contributed by atoms with van der Waals surface area (Å²) in [6.07, 6.45) is 4.35. The van der Waals surface area contributed by atoms with Crippen molar-refractivity contribution in [3.05, 3.63) is 29.8 Å². The normalized spacial score (nSPS) is 11.9. The second-order valence-corrected chi connectivity index (χ2v) is 5.29. The standard InChI is InChI=1S/C17H25NO3/c1-3-5-8-13(4-2)17(21)18-15-10-7-6-9-14(15)11-12-16(19)20/h6-7,9-10,13H,3-5,8,11-12H2,1-2H3,(H,18,21)(H,19,20). The number of anilines is 1. The number of amides is 1. The highest BCUT2D eigenvalue weighted by atomic mass is 16.4. The molecule has 0 aromatic heterocycles. The van der Waals surface area contributed by atoms with Crippen molar-refractivity contribution in [1.29, 1.82) is 0 Å². The zero-order chi connectivity index (χ0) is 15.7. The van der Waals surface area contributed by atoms with Crippen LogP contribution in [0.2, 0.25) is 0 Å². The number of carboxylic acid groups (broad SMARTS) is 1. The second kappa shape index (κ2) is 9.16. The van der Waals surface area contributed by atoms with Gasteiger partial charge in [-0.1, -0.05) is 44.9 Å². The molecule has 4 nitrogen and oxygen atoms in total. The van der Waals surface area contributed by atoms with Crippen LogP contribution >= 0.6 is 0 Å². The Hall–Kier alpha value is -1.84. The van der Waals surface area contributed by atoms with Gasteiger partial charge in [-0.25, -0.2) is 0 Å². The van der Waals surface area contributed by atoms with Gasteiger partial charge >= 0.3 is 5.97 Å². The van der Waals surface area contributed by atoms with Crippen molar-refractivity contribution in [2.24, 2.45) is 5.92 Å². The molecule has 0 aliphatic heterocycles. The van der Waals surface area contributed by atoms with Crippen LogP contribution in [0, 0.1) is 5.92 Å². The molecule has 0 bridgehead atoms. The first-order valence-corrected chi connectivity index (χ1v) is 7.69. The maximum Gasteiger partial charge on any atom is 0.303 e. The fraction of sp³-hybridized carbons (Fsp3) is 0.529. The van der Waals surface area contributed by atoms with Crippen LogP contribution in [0.3, 0.4) is 0 Å². The van der Waals surface area contributed by atoms with Gasteiger partial charge in [-0.15, -0.1) is 0 Å². The van der Waals surface area contributed by atoms with Gasteiger partial charge in [0.2, 0.25) is 5.91 Å². The highest BCUT2D eigenvalue weighted by Gasteiger charge is 2.17. The molecule has 1 atom stereocenters. The van der Waals surface area contributed by atoms with Crippen molar-refractivity contribution in [2.45, 2.75) is 52.4 Å². The molecule has 116 valence electrons.